The van der Waals surface area contributed by atoms with Crippen molar-refractivity contribution < 1.29 is 27.5 Å². The Labute approximate surface area is 223 Å². The fraction of sp³-hybridized carbons (Fsp3) is 0.286. The zero-order chi connectivity index (χ0) is 27.9. The summed E-state index contributed by atoms with van der Waals surface area (Å²) in [4.78, 5) is 26.1. The van der Waals surface area contributed by atoms with Crippen LogP contribution in [0.2, 0.25) is 0 Å². The number of methoxy groups -OCH3 is 2. The van der Waals surface area contributed by atoms with Gasteiger partial charge in [0.1, 0.15) is 6.04 Å². The Balaban J connectivity index is 1.71. The number of amides is 2. The SMILES string of the molecule is COc1ccc(CCNC(=O)c2ccccc2NC(=O)[C@H](C)N(c2ccc(C)cc2)S(C)(=O)=O)cc1OC. The minimum Gasteiger partial charge on any atom is -0.493 e. The van der Waals surface area contributed by atoms with Crippen LogP contribution in [0.1, 0.15) is 28.4 Å². The van der Waals surface area contributed by atoms with Gasteiger partial charge in [-0.3, -0.25) is 13.9 Å². The van der Waals surface area contributed by atoms with Crippen LogP contribution in [0.15, 0.2) is 66.7 Å². The molecular weight excluding hydrogens is 506 g/mol. The summed E-state index contributed by atoms with van der Waals surface area (Å²) in [5.74, 6) is 0.289. The van der Waals surface area contributed by atoms with E-state index < -0.39 is 22.0 Å². The van der Waals surface area contributed by atoms with Gasteiger partial charge in [0, 0.05) is 6.54 Å². The highest BCUT2D eigenvalue weighted by Gasteiger charge is 2.29. The smallest absolute Gasteiger partial charge is 0.253 e. The first-order chi connectivity index (χ1) is 18.0. The van der Waals surface area contributed by atoms with Crippen LogP contribution in [0.25, 0.3) is 0 Å². The molecule has 0 saturated carbocycles. The highest BCUT2D eigenvalue weighted by Crippen LogP contribution is 2.28. The fourth-order valence-electron chi connectivity index (χ4n) is 3.98. The molecule has 2 N–H and O–H groups in total. The van der Waals surface area contributed by atoms with Crippen LogP contribution >= 0.6 is 0 Å². The fourth-order valence-corrected chi connectivity index (χ4v) is 5.15. The Morgan fingerprint density at radius 3 is 2.24 bits per heavy atom. The van der Waals surface area contributed by atoms with E-state index in [2.05, 4.69) is 10.6 Å². The molecule has 0 saturated heterocycles. The van der Waals surface area contributed by atoms with Gasteiger partial charge in [-0.15, -0.1) is 0 Å². The number of hydrogen-bond donors (Lipinski definition) is 2. The molecule has 202 valence electrons. The maximum atomic E-state index is 13.2. The number of para-hydroxylation sites is 1. The molecule has 3 aromatic carbocycles. The molecule has 0 spiro atoms. The van der Waals surface area contributed by atoms with E-state index in [4.69, 9.17) is 9.47 Å². The largest absolute Gasteiger partial charge is 0.493 e. The summed E-state index contributed by atoms with van der Waals surface area (Å²) in [6.45, 7) is 3.74. The van der Waals surface area contributed by atoms with E-state index in [1.54, 1.807) is 68.8 Å². The van der Waals surface area contributed by atoms with Crippen molar-refractivity contribution in [2.75, 3.05) is 36.6 Å². The number of carbonyl (C=O) groups excluding carboxylic acids is 2. The zero-order valence-corrected chi connectivity index (χ0v) is 23.0. The second kappa shape index (κ2) is 12.5. The number of sulfonamides is 1. The van der Waals surface area contributed by atoms with Crippen molar-refractivity contribution in [3.8, 4) is 11.5 Å². The van der Waals surface area contributed by atoms with Crippen molar-refractivity contribution in [2.45, 2.75) is 26.3 Å². The highest BCUT2D eigenvalue weighted by atomic mass is 32.2. The molecule has 0 aliphatic carbocycles. The van der Waals surface area contributed by atoms with Crippen LogP contribution in [0.4, 0.5) is 11.4 Å². The lowest BCUT2D eigenvalue weighted by Gasteiger charge is -2.28. The van der Waals surface area contributed by atoms with Gasteiger partial charge < -0.3 is 20.1 Å². The number of aryl methyl sites for hydroxylation is 1. The summed E-state index contributed by atoms with van der Waals surface area (Å²) < 4.78 is 36.8. The number of nitrogens with one attached hydrogen (secondary N) is 2. The molecule has 0 unspecified atom stereocenters. The third-order valence-electron chi connectivity index (χ3n) is 5.95. The number of ether oxygens (including phenoxy) is 2. The van der Waals surface area contributed by atoms with E-state index >= 15 is 0 Å². The van der Waals surface area contributed by atoms with Gasteiger partial charge in [0.2, 0.25) is 15.9 Å². The topological polar surface area (TPSA) is 114 Å². The Hall–Kier alpha value is -4.05. The first-order valence-corrected chi connectivity index (χ1v) is 13.8. The van der Waals surface area contributed by atoms with E-state index in [1.807, 2.05) is 19.1 Å². The molecule has 0 aliphatic heterocycles. The monoisotopic (exact) mass is 539 g/mol. The van der Waals surface area contributed by atoms with Crippen LogP contribution in [-0.4, -0.2) is 53.3 Å². The Bertz CT molecular complexity index is 1390. The first kappa shape index (κ1) is 28.5. The molecule has 0 aliphatic rings. The number of benzene rings is 3. The van der Waals surface area contributed by atoms with E-state index in [0.29, 0.717) is 30.2 Å². The van der Waals surface area contributed by atoms with Crippen LogP contribution < -0.4 is 24.4 Å². The van der Waals surface area contributed by atoms with Gasteiger partial charge in [0.15, 0.2) is 11.5 Å². The van der Waals surface area contributed by atoms with Gasteiger partial charge in [-0.1, -0.05) is 35.9 Å². The molecule has 3 rings (SSSR count). The normalized spacial score (nSPS) is 11.8. The summed E-state index contributed by atoms with van der Waals surface area (Å²) in [7, 11) is -0.639. The van der Waals surface area contributed by atoms with Gasteiger partial charge >= 0.3 is 0 Å². The molecule has 38 heavy (non-hydrogen) atoms. The summed E-state index contributed by atoms with van der Waals surface area (Å²) in [6, 6.07) is 17.9. The van der Waals surface area contributed by atoms with Gasteiger partial charge in [-0.25, -0.2) is 8.42 Å². The zero-order valence-electron chi connectivity index (χ0n) is 22.1. The standard InChI is InChI=1S/C28H33N3O6S/c1-19-10-13-22(14-11-19)31(38(5,34)35)20(2)27(32)30-24-9-7-6-8-23(24)28(33)29-17-16-21-12-15-25(36-3)26(18-21)37-4/h6-15,18,20H,16-17H2,1-5H3,(H,29,33)(H,30,32)/t20-/m0/s1. The van der Waals surface area contributed by atoms with Crippen LogP contribution in [0, 0.1) is 6.92 Å². The van der Waals surface area contributed by atoms with Crippen molar-refractivity contribution in [3.05, 3.63) is 83.4 Å². The molecule has 0 fully saturated rings. The van der Waals surface area contributed by atoms with Crippen LogP contribution in [0.3, 0.4) is 0 Å². The van der Waals surface area contributed by atoms with Crippen molar-refractivity contribution in [1.29, 1.82) is 0 Å². The predicted octanol–water partition coefficient (Wildman–Crippen LogP) is 3.78. The van der Waals surface area contributed by atoms with Crippen LogP contribution in [-0.2, 0) is 21.2 Å². The van der Waals surface area contributed by atoms with Crippen LogP contribution in [0.5, 0.6) is 11.5 Å². The molecule has 2 amide bonds. The van der Waals surface area contributed by atoms with E-state index in [1.165, 1.54) is 6.92 Å². The highest BCUT2D eigenvalue weighted by molar-refractivity contribution is 7.92. The van der Waals surface area contributed by atoms with Gasteiger partial charge in [-0.2, -0.15) is 0 Å². The van der Waals surface area contributed by atoms with Gasteiger partial charge in [0.25, 0.3) is 5.91 Å². The molecular formula is C28H33N3O6S. The number of rotatable bonds is 11. The third kappa shape index (κ3) is 7.04. The lowest BCUT2D eigenvalue weighted by atomic mass is 10.1. The minimum absolute atomic E-state index is 0.265. The van der Waals surface area contributed by atoms with Crippen molar-refractivity contribution >= 4 is 33.2 Å². The molecule has 9 nitrogen and oxygen atoms in total. The maximum Gasteiger partial charge on any atom is 0.253 e. The molecule has 3 aromatic rings. The quantitative estimate of drug-likeness (QED) is 0.383. The van der Waals surface area contributed by atoms with Crippen molar-refractivity contribution in [1.82, 2.24) is 5.32 Å². The molecule has 0 bridgehead atoms. The Kier molecular flexibility index (Phi) is 9.35. The van der Waals surface area contributed by atoms with E-state index in [-0.39, 0.29) is 17.2 Å². The molecule has 1 atom stereocenters. The van der Waals surface area contributed by atoms with Crippen molar-refractivity contribution in [2.24, 2.45) is 0 Å². The first-order valence-electron chi connectivity index (χ1n) is 12.0. The summed E-state index contributed by atoms with van der Waals surface area (Å²) >= 11 is 0. The average molecular weight is 540 g/mol. The Morgan fingerprint density at radius 2 is 1.61 bits per heavy atom. The molecule has 0 aromatic heterocycles. The number of hydrogen-bond acceptors (Lipinski definition) is 6. The lowest BCUT2D eigenvalue weighted by Crippen LogP contribution is -2.45. The summed E-state index contributed by atoms with van der Waals surface area (Å²) in [6.07, 6.45) is 1.61. The molecule has 0 radical (unpaired) electrons. The number of anilines is 2. The summed E-state index contributed by atoms with van der Waals surface area (Å²) in [5, 5.41) is 5.59. The predicted molar refractivity (Wildman–Crippen MR) is 149 cm³/mol. The lowest BCUT2D eigenvalue weighted by molar-refractivity contribution is -0.116. The second-order valence-corrected chi connectivity index (χ2v) is 10.7. The van der Waals surface area contributed by atoms with E-state index in [9.17, 15) is 18.0 Å². The third-order valence-corrected chi connectivity index (χ3v) is 7.20. The van der Waals surface area contributed by atoms with Crippen molar-refractivity contribution in [3.63, 3.8) is 0 Å². The van der Waals surface area contributed by atoms with E-state index in [0.717, 1.165) is 21.7 Å². The van der Waals surface area contributed by atoms with Gasteiger partial charge in [-0.05, 0) is 62.2 Å². The maximum absolute atomic E-state index is 13.2. The molecule has 10 heteroatoms. The summed E-state index contributed by atoms with van der Waals surface area (Å²) in [5.41, 5.74) is 2.84. The minimum atomic E-state index is -3.77. The van der Waals surface area contributed by atoms with Gasteiger partial charge in [0.05, 0.1) is 37.4 Å². The second-order valence-electron chi connectivity index (χ2n) is 8.80. The number of carbonyl (C=O) groups is 2. The average Bonchev–Trinajstić information content (AvgIpc) is 2.89. The Morgan fingerprint density at radius 1 is 0.947 bits per heavy atom. The number of nitrogens with zero attached hydrogens (tertiary/aromatic N) is 1. The molecule has 0 heterocycles.